The molecule has 7 heteroatoms. The summed E-state index contributed by atoms with van der Waals surface area (Å²) in [5.41, 5.74) is 6.15. The Bertz CT molecular complexity index is 868. The number of amides is 3. The van der Waals surface area contributed by atoms with Crippen LogP contribution in [0.3, 0.4) is 0 Å². The van der Waals surface area contributed by atoms with Crippen LogP contribution in [0.25, 0.3) is 11.0 Å². The lowest BCUT2D eigenvalue weighted by atomic mass is 10.1. The first-order chi connectivity index (χ1) is 12.0. The molecule has 3 amide bonds. The zero-order valence-corrected chi connectivity index (χ0v) is 13.9. The van der Waals surface area contributed by atoms with Gasteiger partial charge in [0.2, 0.25) is 11.8 Å². The predicted molar refractivity (Wildman–Crippen MR) is 89.4 cm³/mol. The van der Waals surface area contributed by atoms with Crippen molar-refractivity contribution in [3.05, 3.63) is 35.6 Å². The maximum absolute atomic E-state index is 12.3. The lowest BCUT2D eigenvalue weighted by molar-refractivity contribution is -0.129. The summed E-state index contributed by atoms with van der Waals surface area (Å²) in [6.07, 6.45) is 2.23. The second-order valence-electron chi connectivity index (χ2n) is 6.67. The van der Waals surface area contributed by atoms with Crippen LogP contribution in [0.1, 0.15) is 35.4 Å². The van der Waals surface area contributed by atoms with Gasteiger partial charge < -0.3 is 9.32 Å². The monoisotopic (exact) mass is 341 g/mol. The van der Waals surface area contributed by atoms with Gasteiger partial charge in [0.1, 0.15) is 5.58 Å². The molecule has 0 radical (unpaired) electrons. The standard InChI is InChI=1S/C18H19N3O4/c1-10-13-4-2-3-5-14(13)25-16(10)18(24)20-19-17(23)11-8-15(22)21(9-11)12-6-7-12/h2-5,11-12H,6-9H2,1H3,(H,19,23)(H,20,24)/t11-/m0/s1. The molecular formula is C18H19N3O4. The highest BCUT2D eigenvalue weighted by molar-refractivity contribution is 6.00. The largest absolute Gasteiger partial charge is 0.451 e. The number of nitrogens with one attached hydrogen (secondary N) is 2. The second kappa shape index (κ2) is 5.91. The van der Waals surface area contributed by atoms with E-state index in [4.69, 9.17) is 4.42 Å². The molecule has 0 bridgehead atoms. The minimum Gasteiger partial charge on any atom is -0.451 e. The molecule has 130 valence electrons. The van der Waals surface area contributed by atoms with Crippen molar-refractivity contribution in [1.82, 2.24) is 15.8 Å². The lowest BCUT2D eigenvalue weighted by Crippen LogP contribution is -2.45. The van der Waals surface area contributed by atoms with Gasteiger partial charge in [0, 0.05) is 30.0 Å². The number of para-hydroxylation sites is 1. The van der Waals surface area contributed by atoms with Crippen LogP contribution >= 0.6 is 0 Å². The summed E-state index contributed by atoms with van der Waals surface area (Å²) in [6, 6.07) is 7.67. The first kappa shape index (κ1) is 15.7. The number of carbonyl (C=O) groups is 3. The fraction of sp³-hybridized carbons (Fsp3) is 0.389. The van der Waals surface area contributed by atoms with Crippen LogP contribution in [-0.2, 0) is 9.59 Å². The quantitative estimate of drug-likeness (QED) is 0.828. The smallest absolute Gasteiger partial charge is 0.305 e. The molecule has 2 aliphatic rings. The number of likely N-dealkylation sites (tertiary alicyclic amines) is 1. The molecule has 2 aromatic rings. The molecule has 4 rings (SSSR count). The van der Waals surface area contributed by atoms with Crippen molar-refractivity contribution < 1.29 is 18.8 Å². The molecule has 1 aliphatic carbocycles. The van der Waals surface area contributed by atoms with Gasteiger partial charge in [0.05, 0.1) is 5.92 Å². The number of furan rings is 1. The van der Waals surface area contributed by atoms with E-state index in [1.807, 2.05) is 18.2 Å². The number of fused-ring (bicyclic) bond motifs is 1. The second-order valence-corrected chi connectivity index (χ2v) is 6.67. The summed E-state index contributed by atoms with van der Waals surface area (Å²) in [6.45, 7) is 2.22. The summed E-state index contributed by atoms with van der Waals surface area (Å²) in [5.74, 6) is -1.10. The Labute approximate surface area is 144 Å². The van der Waals surface area contributed by atoms with Crippen molar-refractivity contribution in [3.63, 3.8) is 0 Å². The molecule has 0 spiro atoms. The number of hydrazine groups is 1. The average Bonchev–Trinajstić information content (AvgIpc) is 3.30. The van der Waals surface area contributed by atoms with Gasteiger partial charge in [-0.25, -0.2) is 0 Å². The summed E-state index contributed by atoms with van der Waals surface area (Å²) in [7, 11) is 0. The van der Waals surface area contributed by atoms with E-state index in [9.17, 15) is 14.4 Å². The van der Waals surface area contributed by atoms with Crippen molar-refractivity contribution in [2.45, 2.75) is 32.2 Å². The molecule has 1 atom stereocenters. The minimum atomic E-state index is -0.509. The average molecular weight is 341 g/mol. The van der Waals surface area contributed by atoms with E-state index < -0.39 is 11.8 Å². The number of rotatable bonds is 3. The van der Waals surface area contributed by atoms with Gasteiger partial charge >= 0.3 is 5.91 Å². The van der Waals surface area contributed by atoms with Gasteiger partial charge in [-0.15, -0.1) is 0 Å². The van der Waals surface area contributed by atoms with Crippen molar-refractivity contribution in [3.8, 4) is 0 Å². The summed E-state index contributed by atoms with van der Waals surface area (Å²) >= 11 is 0. The fourth-order valence-electron chi connectivity index (χ4n) is 3.31. The SMILES string of the molecule is Cc1c(C(=O)NNC(=O)[C@H]2CC(=O)N(C3CC3)C2)oc2ccccc12. The Balaban J connectivity index is 1.39. The van der Waals surface area contributed by atoms with E-state index >= 15 is 0 Å². The van der Waals surface area contributed by atoms with Crippen LogP contribution in [0.4, 0.5) is 0 Å². The maximum Gasteiger partial charge on any atom is 0.305 e. The van der Waals surface area contributed by atoms with Gasteiger partial charge in [-0.05, 0) is 25.8 Å². The van der Waals surface area contributed by atoms with E-state index in [2.05, 4.69) is 10.9 Å². The van der Waals surface area contributed by atoms with Gasteiger partial charge in [-0.1, -0.05) is 18.2 Å². The highest BCUT2D eigenvalue weighted by atomic mass is 16.3. The van der Waals surface area contributed by atoms with E-state index in [1.165, 1.54) is 0 Å². The Morgan fingerprint density at radius 3 is 2.68 bits per heavy atom. The van der Waals surface area contributed by atoms with Crippen LogP contribution < -0.4 is 10.9 Å². The Morgan fingerprint density at radius 1 is 1.20 bits per heavy atom. The molecule has 25 heavy (non-hydrogen) atoms. The van der Waals surface area contributed by atoms with E-state index in [0.29, 0.717) is 18.2 Å². The molecule has 1 aromatic heterocycles. The maximum atomic E-state index is 12.3. The third kappa shape index (κ3) is 2.86. The van der Waals surface area contributed by atoms with Gasteiger partial charge in [-0.3, -0.25) is 25.2 Å². The van der Waals surface area contributed by atoms with Crippen LogP contribution in [0.15, 0.2) is 28.7 Å². The molecule has 2 heterocycles. The van der Waals surface area contributed by atoms with E-state index in [-0.39, 0.29) is 24.0 Å². The third-order valence-electron chi connectivity index (χ3n) is 4.87. The summed E-state index contributed by atoms with van der Waals surface area (Å²) in [4.78, 5) is 38.2. The molecule has 1 aliphatic heterocycles. The highest BCUT2D eigenvalue weighted by Gasteiger charge is 2.41. The van der Waals surface area contributed by atoms with E-state index in [1.54, 1.807) is 17.9 Å². The Hall–Kier alpha value is -2.83. The van der Waals surface area contributed by atoms with Crippen molar-refractivity contribution in [2.75, 3.05) is 6.54 Å². The number of hydrogen-bond donors (Lipinski definition) is 2. The number of nitrogens with zero attached hydrogens (tertiary/aromatic N) is 1. The molecule has 0 unspecified atom stereocenters. The zero-order valence-electron chi connectivity index (χ0n) is 13.9. The number of hydrogen-bond acceptors (Lipinski definition) is 4. The van der Waals surface area contributed by atoms with E-state index in [0.717, 1.165) is 23.8 Å². The molecule has 7 nitrogen and oxygen atoms in total. The van der Waals surface area contributed by atoms with Crippen LogP contribution in [0, 0.1) is 12.8 Å². The first-order valence-corrected chi connectivity index (χ1v) is 8.42. The van der Waals surface area contributed by atoms with Gasteiger partial charge in [0.25, 0.3) is 0 Å². The van der Waals surface area contributed by atoms with Gasteiger partial charge in [0.15, 0.2) is 5.76 Å². The van der Waals surface area contributed by atoms with Crippen molar-refractivity contribution >= 4 is 28.7 Å². The fourth-order valence-corrected chi connectivity index (χ4v) is 3.31. The zero-order chi connectivity index (χ0) is 17.6. The van der Waals surface area contributed by atoms with Crippen LogP contribution in [-0.4, -0.2) is 35.2 Å². The molecule has 1 aromatic carbocycles. The molecule has 2 N–H and O–H groups in total. The Morgan fingerprint density at radius 2 is 1.96 bits per heavy atom. The topological polar surface area (TPSA) is 91.7 Å². The lowest BCUT2D eigenvalue weighted by Gasteiger charge is -2.15. The van der Waals surface area contributed by atoms with Crippen molar-refractivity contribution in [2.24, 2.45) is 5.92 Å². The summed E-state index contributed by atoms with van der Waals surface area (Å²) < 4.78 is 5.57. The highest BCUT2D eigenvalue weighted by Crippen LogP contribution is 2.32. The summed E-state index contributed by atoms with van der Waals surface area (Å²) in [5, 5.41) is 0.862. The first-order valence-electron chi connectivity index (χ1n) is 8.42. The van der Waals surface area contributed by atoms with Crippen LogP contribution in [0.2, 0.25) is 0 Å². The minimum absolute atomic E-state index is 0.0158. The normalized spacial score (nSPS) is 20.1. The molecule has 1 saturated heterocycles. The Kier molecular flexibility index (Phi) is 3.71. The predicted octanol–water partition coefficient (Wildman–Crippen LogP) is 1.51. The molecule has 2 fully saturated rings. The molecular weight excluding hydrogens is 322 g/mol. The number of benzene rings is 1. The van der Waals surface area contributed by atoms with Crippen LogP contribution in [0.5, 0.6) is 0 Å². The molecule has 1 saturated carbocycles. The van der Waals surface area contributed by atoms with Gasteiger partial charge in [-0.2, -0.15) is 0 Å². The number of aryl methyl sites for hydroxylation is 1. The third-order valence-corrected chi connectivity index (χ3v) is 4.87. The van der Waals surface area contributed by atoms with Crippen molar-refractivity contribution in [1.29, 1.82) is 0 Å². The number of carbonyl (C=O) groups excluding carboxylic acids is 3.